The van der Waals surface area contributed by atoms with Crippen LogP contribution in [-0.2, 0) is 14.3 Å². The van der Waals surface area contributed by atoms with Gasteiger partial charge in [0.25, 0.3) is 0 Å². The lowest BCUT2D eigenvalue weighted by molar-refractivity contribution is -0.167. The molecular formula is C14H20N2O5. The van der Waals surface area contributed by atoms with Crippen molar-refractivity contribution in [1.29, 1.82) is 0 Å². The van der Waals surface area contributed by atoms with Gasteiger partial charge in [0.2, 0.25) is 5.88 Å². The number of carboxylic acids is 1. The van der Waals surface area contributed by atoms with Gasteiger partial charge in [0.15, 0.2) is 5.92 Å². The zero-order chi connectivity index (χ0) is 16.2. The van der Waals surface area contributed by atoms with Crippen LogP contribution in [0.4, 0.5) is 0 Å². The highest BCUT2D eigenvalue weighted by atomic mass is 16.6. The van der Waals surface area contributed by atoms with Crippen molar-refractivity contribution >= 4 is 11.9 Å². The molecule has 0 spiro atoms. The van der Waals surface area contributed by atoms with Gasteiger partial charge in [-0.15, -0.1) is 0 Å². The van der Waals surface area contributed by atoms with E-state index in [2.05, 4.69) is 4.98 Å². The summed E-state index contributed by atoms with van der Waals surface area (Å²) < 4.78 is 10.0. The predicted molar refractivity (Wildman–Crippen MR) is 74.7 cm³/mol. The van der Waals surface area contributed by atoms with Crippen LogP contribution in [-0.4, -0.2) is 34.7 Å². The second-order valence-corrected chi connectivity index (χ2v) is 5.51. The molecule has 0 aliphatic carbocycles. The van der Waals surface area contributed by atoms with Crippen LogP contribution < -0.4 is 10.5 Å². The number of carbonyl (C=O) groups is 2. The van der Waals surface area contributed by atoms with Gasteiger partial charge in [0.05, 0.1) is 13.2 Å². The third-order valence-electron chi connectivity index (χ3n) is 2.64. The van der Waals surface area contributed by atoms with E-state index in [9.17, 15) is 14.7 Å². The maximum atomic E-state index is 12.0. The lowest BCUT2D eigenvalue weighted by atomic mass is 9.94. The Labute approximate surface area is 123 Å². The quantitative estimate of drug-likeness (QED) is 0.618. The second kappa shape index (κ2) is 6.53. The number of hydrogen-bond acceptors (Lipinski definition) is 6. The number of aliphatic carboxylic acids is 1. The van der Waals surface area contributed by atoms with Crippen molar-refractivity contribution in [1.82, 2.24) is 4.98 Å². The molecule has 116 valence electrons. The van der Waals surface area contributed by atoms with E-state index in [1.165, 1.54) is 13.3 Å². The van der Waals surface area contributed by atoms with Crippen molar-refractivity contribution in [3.63, 3.8) is 0 Å². The first-order valence-electron chi connectivity index (χ1n) is 6.37. The van der Waals surface area contributed by atoms with Crippen LogP contribution in [0.3, 0.4) is 0 Å². The number of aromatic nitrogens is 1. The van der Waals surface area contributed by atoms with Crippen LogP contribution in [0.5, 0.6) is 5.88 Å². The fourth-order valence-electron chi connectivity index (χ4n) is 1.67. The number of rotatable bonds is 5. The van der Waals surface area contributed by atoms with Crippen LogP contribution in [0, 0.1) is 5.92 Å². The van der Waals surface area contributed by atoms with Crippen molar-refractivity contribution < 1.29 is 24.2 Å². The van der Waals surface area contributed by atoms with Crippen molar-refractivity contribution in [2.24, 2.45) is 11.7 Å². The van der Waals surface area contributed by atoms with E-state index >= 15 is 0 Å². The standard InChI is InChI=1S/C14H20N2O5/c1-14(2,3)21-13(19)10(12(17)18)11(15)8-5-6-9(20-4)16-7-8/h5-7,10-11H,15H2,1-4H3,(H,17,18). The summed E-state index contributed by atoms with van der Waals surface area (Å²) in [6, 6.07) is 2.05. The molecule has 1 heterocycles. The number of hydrogen-bond donors (Lipinski definition) is 2. The van der Waals surface area contributed by atoms with E-state index in [4.69, 9.17) is 15.2 Å². The van der Waals surface area contributed by atoms with Gasteiger partial charge in [0, 0.05) is 12.3 Å². The van der Waals surface area contributed by atoms with E-state index in [-0.39, 0.29) is 0 Å². The third-order valence-corrected chi connectivity index (χ3v) is 2.64. The molecule has 0 aliphatic rings. The highest BCUT2D eigenvalue weighted by Gasteiger charge is 2.37. The highest BCUT2D eigenvalue weighted by Crippen LogP contribution is 2.24. The number of nitrogens with zero attached hydrogens (tertiary/aromatic N) is 1. The molecule has 0 saturated carbocycles. The number of esters is 1. The van der Waals surface area contributed by atoms with Gasteiger partial charge in [-0.1, -0.05) is 6.07 Å². The van der Waals surface area contributed by atoms with Crippen LogP contribution in [0.15, 0.2) is 18.3 Å². The first-order valence-corrected chi connectivity index (χ1v) is 6.37. The normalized spacial score (nSPS) is 14.1. The molecule has 0 fully saturated rings. The largest absolute Gasteiger partial charge is 0.481 e. The smallest absolute Gasteiger partial charge is 0.322 e. The van der Waals surface area contributed by atoms with Crippen LogP contribution in [0.25, 0.3) is 0 Å². The molecule has 0 saturated heterocycles. The van der Waals surface area contributed by atoms with E-state index in [1.807, 2.05) is 0 Å². The number of nitrogens with two attached hydrogens (primary N) is 1. The summed E-state index contributed by atoms with van der Waals surface area (Å²) in [5, 5.41) is 9.25. The Balaban J connectivity index is 2.98. The van der Waals surface area contributed by atoms with Crippen LogP contribution >= 0.6 is 0 Å². The molecule has 3 N–H and O–H groups in total. The molecule has 7 nitrogen and oxygen atoms in total. The molecule has 7 heteroatoms. The van der Waals surface area contributed by atoms with Crippen molar-refractivity contribution in [3.05, 3.63) is 23.9 Å². The number of carboxylic acid groups (broad SMARTS) is 1. The van der Waals surface area contributed by atoms with E-state index in [0.717, 1.165) is 0 Å². The van der Waals surface area contributed by atoms with Gasteiger partial charge < -0.3 is 20.3 Å². The molecule has 1 aromatic rings. The summed E-state index contributed by atoms with van der Waals surface area (Å²) in [7, 11) is 1.46. The molecule has 0 radical (unpaired) electrons. The van der Waals surface area contributed by atoms with E-state index in [0.29, 0.717) is 11.4 Å². The second-order valence-electron chi connectivity index (χ2n) is 5.51. The minimum absolute atomic E-state index is 0.370. The Hall–Kier alpha value is -2.15. The van der Waals surface area contributed by atoms with E-state index < -0.39 is 29.5 Å². The molecule has 2 unspecified atom stereocenters. The molecule has 0 bridgehead atoms. The molecule has 1 rings (SSSR count). The maximum absolute atomic E-state index is 12.0. The monoisotopic (exact) mass is 296 g/mol. The molecule has 21 heavy (non-hydrogen) atoms. The summed E-state index contributed by atoms with van der Waals surface area (Å²) in [6.07, 6.45) is 1.38. The number of methoxy groups -OCH3 is 1. The van der Waals surface area contributed by atoms with Crippen molar-refractivity contribution in [2.75, 3.05) is 7.11 Å². The summed E-state index contributed by atoms with van der Waals surface area (Å²) in [6.45, 7) is 4.97. The van der Waals surface area contributed by atoms with Crippen molar-refractivity contribution in [2.45, 2.75) is 32.4 Å². The fraction of sp³-hybridized carbons (Fsp3) is 0.500. The number of carbonyl (C=O) groups excluding carboxylic acids is 1. The average Bonchev–Trinajstić information content (AvgIpc) is 2.36. The van der Waals surface area contributed by atoms with Gasteiger partial charge >= 0.3 is 11.9 Å². The Morgan fingerprint density at radius 2 is 1.95 bits per heavy atom. The molecule has 1 aromatic heterocycles. The fourth-order valence-corrected chi connectivity index (χ4v) is 1.67. The van der Waals surface area contributed by atoms with Gasteiger partial charge in [0.1, 0.15) is 5.60 Å². The Morgan fingerprint density at radius 1 is 1.33 bits per heavy atom. The summed E-state index contributed by atoms with van der Waals surface area (Å²) >= 11 is 0. The summed E-state index contributed by atoms with van der Waals surface area (Å²) in [4.78, 5) is 27.3. The van der Waals surface area contributed by atoms with Crippen LogP contribution in [0.2, 0.25) is 0 Å². The molecule has 2 atom stereocenters. The number of pyridine rings is 1. The summed E-state index contributed by atoms with van der Waals surface area (Å²) in [5.41, 5.74) is 5.51. The first-order chi connectivity index (χ1) is 9.65. The van der Waals surface area contributed by atoms with Gasteiger partial charge in [-0.25, -0.2) is 4.98 Å². The van der Waals surface area contributed by atoms with Gasteiger partial charge in [-0.2, -0.15) is 0 Å². The summed E-state index contributed by atoms with van der Waals surface area (Å²) in [5.74, 6) is -3.35. The van der Waals surface area contributed by atoms with Gasteiger partial charge in [-0.05, 0) is 26.3 Å². The Morgan fingerprint density at radius 3 is 2.33 bits per heavy atom. The minimum atomic E-state index is -1.50. The Bertz CT molecular complexity index is 507. The molecular weight excluding hydrogens is 276 g/mol. The van der Waals surface area contributed by atoms with Crippen molar-refractivity contribution in [3.8, 4) is 5.88 Å². The molecule has 0 aromatic carbocycles. The van der Waals surface area contributed by atoms with E-state index in [1.54, 1.807) is 32.9 Å². The Kier molecular flexibility index (Phi) is 5.26. The zero-order valence-electron chi connectivity index (χ0n) is 12.5. The maximum Gasteiger partial charge on any atom is 0.322 e. The number of ether oxygens (including phenoxy) is 2. The highest BCUT2D eigenvalue weighted by molar-refractivity contribution is 5.95. The van der Waals surface area contributed by atoms with Crippen LogP contribution in [0.1, 0.15) is 32.4 Å². The lowest BCUT2D eigenvalue weighted by Crippen LogP contribution is -2.39. The third kappa shape index (κ3) is 4.71. The minimum Gasteiger partial charge on any atom is -0.481 e. The zero-order valence-corrected chi connectivity index (χ0v) is 12.5. The molecule has 0 aliphatic heterocycles. The average molecular weight is 296 g/mol. The SMILES string of the molecule is COc1ccc(C(N)C(C(=O)O)C(=O)OC(C)(C)C)cn1. The predicted octanol–water partition coefficient (Wildman–Crippen LogP) is 1.13. The van der Waals surface area contributed by atoms with Gasteiger partial charge in [-0.3, -0.25) is 9.59 Å². The first kappa shape index (κ1) is 16.9. The molecule has 0 amide bonds. The topological polar surface area (TPSA) is 112 Å². The lowest BCUT2D eigenvalue weighted by Gasteiger charge is -2.25.